The fourth-order valence-corrected chi connectivity index (χ4v) is 3.73. The standard InChI is InChI=1S/C13H17NO6S/c1-9-12(7-11(20-9)13(15)16)21(17,18)14-5-3-10(4-6-14)8-19-2/h3,7H,4-6,8H2,1-2H3,(H,15,16). The third kappa shape index (κ3) is 3.17. The molecule has 0 amide bonds. The van der Waals surface area contributed by atoms with Gasteiger partial charge in [0.1, 0.15) is 10.7 Å². The Hall–Kier alpha value is -1.64. The molecule has 0 saturated carbocycles. The molecule has 0 unspecified atom stereocenters. The summed E-state index contributed by atoms with van der Waals surface area (Å²) in [5, 5.41) is 8.87. The number of furan rings is 1. The van der Waals surface area contributed by atoms with Crippen LogP contribution < -0.4 is 0 Å². The Morgan fingerprint density at radius 1 is 1.52 bits per heavy atom. The minimum atomic E-state index is -3.75. The maximum atomic E-state index is 12.5. The third-order valence-electron chi connectivity index (χ3n) is 3.30. The quantitative estimate of drug-likeness (QED) is 0.821. The highest BCUT2D eigenvalue weighted by atomic mass is 32.2. The molecule has 0 fully saturated rings. The molecule has 0 radical (unpaired) electrons. The lowest BCUT2D eigenvalue weighted by molar-refractivity contribution is 0.0661. The van der Waals surface area contributed by atoms with Gasteiger partial charge in [-0.1, -0.05) is 6.08 Å². The molecule has 1 aliphatic rings. The summed E-state index contributed by atoms with van der Waals surface area (Å²) in [6, 6.07) is 1.06. The molecule has 0 atom stereocenters. The Balaban J connectivity index is 2.25. The summed E-state index contributed by atoms with van der Waals surface area (Å²) >= 11 is 0. The highest BCUT2D eigenvalue weighted by molar-refractivity contribution is 7.89. The highest BCUT2D eigenvalue weighted by Crippen LogP contribution is 2.26. The molecular formula is C13H17NO6S. The van der Waals surface area contributed by atoms with E-state index in [1.807, 2.05) is 6.08 Å². The molecule has 1 aromatic rings. The van der Waals surface area contributed by atoms with Crippen LogP contribution in [0.1, 0.15) is 22.7 Å². The zero-order valence-electron chi connectivity index (χ0n) is 11.8. The van der Waals surface area contributed by atoms with Crippen molar-refractivity contribution >= 4 is 16.0 Å². The van der Waals surface area contributed by atoms with Crippen molar-refractivity contribution < 1.29 is 27.5 Å². The summed E-state index contributed by atoms with van der Waals surface area (Å²) in [7, 11) is -2.16. The first kappa shape index (κ1) is 15.7. The Morgan fingerprint density at radius 3 is 2.71 bits per heavy atom. The van der Waals surface area contributed by atoms with Crippen molar-refractivity contribution in [1.82, 2.24) is 4.31 Å². The summed E-state index contributed by atoms with van der Waals surface area (Å²) in [4.78, 5) is 10.8. The number of carboxylic acids is 1. The van der Waals surface area contributed by atoms with E-state index in [0.29, 0.717) is 19.6 Å². The smallest absolute Gasteiger partial charge is 0.371 e. The molecule has 0 spiro atoms. The number of carbonyl (C=O) groups is 1. The van der Waals surface area contributed by atoms with Crippen LogP contribution in [-0.4, -0.2) is 50.6 Å². The van der Waals surface area contributed by atoms with E-state index in [9.17, 15) is 13.2 Å². The van der Waals surface area contributed by atoms with Crippen LogP contribution in [0.3, 0.4) is 0 Å². The summed E-state index contributed by atoms with van der Waals surface area (Å²) in [5.74, 6) is -1.58. The van der Waals surface area contributed by atoms with Gasteiger partial charge in [0.15, 0.2) is 0 Å². The lowest BCUT2D eigenvalue weighted by Crippen LogP contribution is -2.35. The van der Waals surface area contributed by atoms with Gasteiger partial charge < -0.3 is 14.3 Å². The predicted octanol–water partition coefficient (Wildman–Crippen LogP) is 1.25. The molecule has 2 heterocycles. The van der Waals surface area contributed by atoms with E-state index >= 15 is 0 Å². The number of aromatic carboxylic acids is 1. The summed E-state index contributed by atoms with van der Waals surface area (Å²) < 4.78 is 36.3. The van der Waals surface area contributed by atoms with Gasteiger partial charge in [-0.05, 0) is 18.9 Å². The van der Waals surface area contributed by atoms with Crippen LogP contribution in [0.5, 0.6) is 0 Å². The Morgan fingerprint density at radius 2 is 2.24 bits per heavy atom. The summed E-state index contributed by atoms with van der Waals surface area (Å²) in [6.45, 7) is 2.51. The number of nitrogens with zero attached hydrogens (tertiary/aromatic N) is 1. The average Bonchev–Trinajstić information content (AvgIpc) is 2.83. The van der Waals surface area contributed by atoms with Crippen LogP contribution >= 0.6 is 0 Å². The lowest BCUT2D eigenvalue weighted by atomic mass is 10.1. The van der Waals surface area contributed by atoms with E-state index in [1.54, 1.807) is 7.11 Å². The van der Waals surface area contributed by atoms with Gasteiger partial charge in [-0.25, -0.2) is 13.2 Å². The van der Waals surface area contributed by atoms with Crippen LogP contribution in [0, 0.1) is 6.92 Å². The van der Waals surface area contributed by atoms with Crippen LogP contribution in [0.4, 0.5) is 0 Å². The van der Waals surface area contributed by atoms with E-state index in [1.165, 1.54) is 11.2 Å². The van der Waals surface area contributed by atoms with E-state index in [0.717, 1.165) is 11.6 Å². The van der Waals surface area contributed by atoms with Crippen LogP contribution in [0.15, 0.2) is 27.0 Å². The van der Waals surface area contributed by atoms with Crippen molar-refractivity contribution in [1.29, 1.82) is 0 Å². The molecule has 0 saturated heterocycles. The van der Waals surface area contributed by atoms with E-state index < -0.39 is 16.0 Å². The van der Waals surface area contributed by atoms with Gasteiger partial charge in [0.05, 0.1) is 6.61 Å². The van der Waals surface area contributed by atoms with Crippen molar-refractivity contribution in [3.63, 3.8) is 0 Å². The van der Waals surface area contributed by atoms with Crippen molar-refractivity contribution in [2.45, 2.75) is 18.2 Å². The number of hydrogen-bond donors (Lipinski definition) is 1. The van der Waals surface area contributed by atoms with Gasteiger partial charge in [-0.2, -0.15) is 4.31 Å². The SMILES string of the molecule is COCC1=CCN(S(=O)(=O)c2cc(C(=O)O)oc2C)CC1. The van der Waals surface area contributed by atoms with E-state index in [-0.39, 0.29) is 23.0 Å². The molecule has 1 aliphatic heterocycles. The summed E-state index contributed by atoms with van der Waals surface area (Å²) in [5.41, 5.74) is 1.05. The fourth-order valence-electron chi connectivity index (χ4n) is 2.19. The number of ether oxygens (including phenoxy) is 1. The topological polar surface area (TPSA) is 97.0 Å². The molecule has 0 bridgehead atoms. The number of methoxy groups -OCH3 is 1. The largest absolute Gasteiger partial charge is 0.475 e. The number of carboxylic acid groups (broad SMARTS) is 1. The van der Waals surface area contributed by atoms with Crippen LogP contribution in [0.25, 0.3) is 0 Å². The minimum absolute atomic E-state index is 0.0825. The monoisotopic (exact) mass is 315 g/mol. The summed E-state index contributed by atoms with van der Waals surface area (Å²) in [6.07, 6.45) is 2.41. The number of rotatable bonds is 5. The van der Waals surface area contributed by atoms with Gasteiger partial charge in [0.2, 0.25) is 15.8 Å². The normalized spacial score (nSPS) is 16.8. The maximum absolute atomic E-state index is 12.5. The maximum Gasteiger partial charge on any atom is 0.371 e. The van der Waals surface area contributed by atoms with Gasteiger partial charge in [0.25, 0.3) is 0 Å². The second-order valence-corrected chi connectivity index (χ2v) is 6.65. The number of sulfonamides is 1. The van der Waals surface area contributed by atoms with Gasteiger partial charge in [-0.15, -0.1) is 0 Å². The predicted molar refractivity (Wildman–Crippen MR) is 73.7 cm³/mol. The van der Waals surface area contributed by atoms with Crippen LogP contribution in [0.2, 0.25) is 0 Å². The average molecular weight is 315 g/mol. The van der Waals surface area contributed by atoms with Crippen molar-refractivity contribution in [2.24, 2.45) is 0 Å². The Bertz CT molecular complexity index is 673. The molecule has 0 aromatic carbocycles. The zero-order valence-corrected chi connectivity index (χ0v) is 12.6. The molecule has 7 nitrogen and oxygen atoms in total. The molecule has 1 aromatic heterocycles. The highest BCUT2D eigenvalue weighted by Gasteiger charge is 2.30. The molecule has 8 heteroatoms. The fraction of sp³-hybridized carbons (Fsp3) is 0.462. The molecular weight excluding hydrogens is 298 g/mol. The van der Waals surface area contributed by atoms with Crippen molar-refractivity contribution in [3.05, 3.63) is 29.2 Å². The molecule has 21 heavy (non-hydrogen) atoms. The Labute approximate surface area is 122 Å². The first-order chi connectivity index (χ1) is 9.86. The number of aryl methyl sites for hydroxylation is 1. The van der Waals surface area contributed by atoms with Gasteiger partial charge in [0, 0.05) is 26.3 Å². The van der Waals surface area contributed by atoms with Gasteiger partial charge in [-0.3, -0.25) is 0 Å². The molecule has 1 N–H and O–H groups in total. The molecule has 2 rings (SSSR count). The minimum Gasteiger partial charge on any atom is -0.475 e. The first-order valence-electron chi connectivity index (χ1n) is 6.37. The van der Waals surface area contributed by atoms with E-state index in [2.05, 4.69) is 0 Å². The Kier molecular flexibility index (Phi) is 4.50. The molecule has 0 aliphatic carbocycles. The van der Waals surface area contributed by atoms with Gasteiger partial charge >= 0.3 is 5.97 Å². The number of hydrogen-bond acceptors (Lipinski definition) is 5. The first-order valence-corrected chi connectivity index (χ1v) is 7.81. The zero-order chi connectivity index (χ0) is 15.6. The second-order valence-electron chi connectivity index (χ2n) is 4.74. The van der Waals surface area contributed by atoms with Crippen molar-refractivity contribution in [2.75, 3.05) is 26.8 Å². The van der Waals surface area contributed by atoms with Crippen LogP contribution in [-0.2, 0) is 14.8 Å². The molecule has 116 valence electrons. The van der Waals surface area contributed by atoms with Crippen molar-refractivity contribution in [3.8, 4) is 0 Å². The van der Waals surface area contributed by atoms with E-state index in [4.69, 9.17) is 14.3 Å². The lowest BCUT2D eigenvalue weighted by Gasteiger charge is -2.25. The third-order valence-corrected chi connectivity index (χ3v) is 5.27. The second kappa shape index (κ2) is 6.00.